The zero-order chi connectivity index (χ0) is 12.5. The van der Waals surface area contributed by atoms with Crippen LogP contribution in [0.5, 0.6) is 0 Å². The van der Waals surface area contributed by atoms with E-state index in [4.69, 9.17) is 0 Å². The lowest BCUT2D eigenvalue weighted by Gasteiger charge is -2.20. The van der Waals surface area contributed by atoms with Crippen LogP contribution in [0, 0.1) is 5.92 Å². The summed E-state index contributed by atoms with van der Waals surface area (Å²) in [5, 5.41) is 0. The minimum absolute atomic E-state index is 0.660. The van der Waals surface area contributed by atoms with Crippen molar-refractivity contribution in [1.29, 1.82) is 0 Å². The van der Waals surface area contributed by atoms with Gasteiger partial charge in [-0.2, -0.15) is 0 Å². The highest BCUT2D eigenvalue weighted by molar-refractivity contribution is 5.83. The van der Waals surface area contributed by atoms with E-state index in [2.05, 4.69) is 16.8 Å². The summed E-state index contributed by atoms with van der Waals surface area (Å²) in [4.78, 5) is 18.1. The molecule has 0 atom stereocenters. The lowest BCUT2D eigenvalue weighted by molar-refractivity contribution is 0.111. The second-order valence-electron chi connectivity index (χ2n) is 4.85. The number of aromatic nitrogens is 2. The average molecular weight is 243 g/mol. The Morgan fingerprint density at radius 1 is 1.50 bits per heavy atom. The first-order valence-electron chi connectivity index (χ1n) is 6.50. The van der Waals surface area contributed by atoms with Crippen LogP contribution in [0.25, 0.3) is 5.65 Å². The monoisotopic (exact) mass is 243 g/mol. The minimum atomic E-state index is 0.660. The summed E-state index contributed by atoms with van der Waals surface area (Å²) in [6.45, 7) is 4.02. The van der Waals surface area contributed by atoms with Crippen molar-refractivity contribution < 1.29 is 4.79 Å². The number of hydrogen-bond donors (Lipinski definition) is 0. The molecular weight excluding hydrogens is 226 g/mol. The van der Waals surface area contributed by atoms with Gasteiger partial charge in [0.15, 0.2) is 12.1 Å². The number of nitrogens with zero attached hydrogens (tertiary/aromatic N) is 3. The van der Waals surface area contributed by atoms with Gasteiger partial charge in [0, 0.05) is 19.3 Å². The smallest absolute Gasteiger partial charge is 0.170 e. The molecule has 4 heteroatoms. The Bertz CT molecular complexity index is 571. The van der Waals surface area contributed by atoms with Gasteiger partial charge in [-0.25, -0.2) is 4.98 Å². The molecule has 3 rings (SSSR count). The van der Waals surface area contributed by atoms with Gasteiger partial charge in [-0.1, -0.05) is 6.07 Å². The lowest BCUT2D eigenvalue weighted by atomic mass is 10.3. The summed E-state index contributed by atoms with van der Waals surface area (Å²) < 4.78 is 1.86. The molecule has 0 aliphatic heterocycles. The van der Waals surface area contributed by atoms with Crippen molar-refractivity contribution in [2.45, 2.75) is 19.8 Å². The number of hydrogen-bond acceptors (Lipinski definition) is 3. The van der Waals surface area contributed by atoms with Crippen molar-refractivity contribution in [3.05, 3.63) is 30.1 Å². The van der Waals surface area contributed by atoms with Crippen LogP contribution in [0.3, 0.4) is 0 Å². The zero-order valence-corrected chi connectivity index (χ0v) is 10.5. The Kier molecular flexibility index (Phi) is 2.78. The Hall–Kier alpha value is -1.84. The van der Waals surface area contributed by atoms with E-state index in [0.717, 1.165) is 36.8 Å². The molecule has 0 spiro atoms. The van der Waals surface area contributed by atoms with Gasteiger partial charge in [-0.3, -0.25) is 9.20 Å². The molecular formula is C14H17N3O. The summed E-state index contributed by atoms with van der Waals surface area (Å²) >= 11 is 0. The van der Waals surface area contributed by atoms with Gasteiger partial charge in [-0.05, 0) is 37.8 Å². The first kappa shape index (κ1) is 11.3. The summed E-state index contributed by atoms with van der Waals surface area (Å²) in [5.74, 6) is 1.61. The van der Waals surface area contributed by atoms with Crippen LogP contribution in [0.1, 0.15) is 30.3 Å². The van der Waals surface area contributed by atoms with Gasteiger partial charge < -0.3 is 4.90 Å². The van der Waals surface area contributed by atoms with Crippen molar-refractivity contribution in [2.75, 3.05) is 18.0 Å². The first-order valence-corrected chi connectivity index (χ1v) is 6.50. The Labute approximate surface area is 106 Å². The molecule has 0 radical (unpaired) electrons. The quantitative estimate of drug-likeness (QED) is 0.757. The molecule has 0 amide bonds. The van der Waals surface area contributed by atoms with E-state index in [1.54, 1.807) is 0 Å². The highest BCUT2D eigenvalue weighted by Gasteiger charge is 2.26. The average Bonchev–Trinajstić information content (AvgIpc) is 3.14. The van der Waals surface area contributed by atoms with Crippen molar-refractivity contribution in [2.24, 2.45) is 5.92 Å². The van der Waals surface area contributed by atoms with E-state index in [1.165, 1.54) is 12.8 Å². The zero-order valence-electron chi connectivity index (χ0n) is 10.5. The molecule has 1 aliphatic carbocycles. The van der Waals surface area contributed by atoms with Crippen LogP contribution in [-0.2, 0) is 0 Å². The molecule has 0 saturated heterocycles. The van der Waals surface area contributed by atoms with Gasteiger partial charge in [0.2, 0.25) is 0 Å². The van der Waals surface area contributed by atoms with E-state index < -0.39 is 0 Å². The molecule has 0 bridgehead atoms. The normalized spacial score (nSPS) is 14.9. The summed E-state index contributed by atoms with van der Waals surface area (Å²) in [7, 11) is 0. The molecule has 94 valence electrons. The molecule has 2 heterocycles. The second-order valence-corrected chi connectivity index (χ2v) is 4.85. The molecule has 1 saturated carbocycles. The molecule has 0 aromatic carbocycles. The summed E-state index contributed by atoms with van der Waals surface area (Å²) in [6, 6.07) is 5.79. The van der Waals surface area contributed by atoms with Gasteiger partial charge in [-0.15, -0.1) is 0 Å². The molecule has 18 heavy (non-hydrogen) atoms. The predicted molar refractivity (Wildman–Crippen MR) is 71.2 cm³/mol. The third kappa shape index (κ3) is 1.88. The van der Waals surface area contributed by atoms with E-state index in [0.29, 0.717) is 5.69 Å². The number of carbonyl (C=O) groups is 1. The Morgan fingerprint density at radius 2 is 2.33 bits per heavy atom. The molecule has 0 N–H and O–H groups in total. The maximum Gasteiger partial charge on any atom is 0.170 e. The van der Waals surface area contributed by atoms with E-state index in [9.17, 15) is 4.79 Å². The highest BCUT2D eigenvalue weighted by atomic mass is 16.1. The number of fused-ring (bicyclic) bond motifs is 1. The fourth-order valence-corrected chi connectivity index (χ4v) is 2.32. The minimum Gasteiger partial charge on any atom is -0.355 e. The maximum atomic E-state index is 11.3. The number of pyridine rings is 1. The van der Waals surface area contributed by atoms with Crippen molar-refractivity contribution in [1.82, 2.24) is 9.38 Å². The third-order valence-corrected chi connectivity index (χ3v) is 3.52. The fraction of sp³-hybridized carbons (Fsp3) is 0.429. The predicted octanol–water partition coefficient (Wildman–Crippen LogP) is 2.38. The van der Waals surface area contributed by atoms with Crippen LogP contribution < -0.4 is 4.90 Å². The van der Waals surface area contributed by atoms with E-state index in [-0.39, 0.29) is 0 Å². The molecule has 2 aromatic rings. The number of rotatable bonds is 5. The van der Waals surface area contributed by atoms with E-state index in [1.807, 2.05) is 28.8 Å². The van der Waals surface area contributed by atoms with Crippen molar-refractivity contribution >= 4 is 17.8 Å². The van der Waals surface area contributed by atoms with Crippen LogP contribution in [0.15, 0.2) is 24.4 Å². The standard InChI is InChI=1S/C14H17N3O/c1-2-16(9-11-6-7-11)14-12(10-18)17-8-4-3-5-13(17)15-14/h3-5,8,10-11H,2,6-7,9H2,1H3. The van der Waals surface area contributed by atoms with Crippen LogP contribution in [0.4, 0.5) is 5.82 Å². The molecule has 1 aliphatic rings. The number of anilines is 1. The summed E-state index contributed by atoms with van der Waals surface area (Å²) in [6.07, 6.45) is 5.41. The van der Waals surface area contributed by atoms with E-state index >= 15 is 0 Å². The fourth-order valence-electron chi connectivity index (χ4n) is 2.32. The summed E-state index contributed by atoms with van der Waals surface area (Å²) in [5.41, 5.74) is 1.50. The van der Waals surface area contributed by atoms with Crippen LogP contribution in [-0.4, -0.2) is 28.8 Å². The lowest BCUT2D eigenvalue weighted by Crippen LogP contribution is -2.26. The van der Waals surface area contributed by atoms with Crippen molar-refractivity contribution in [3.8, 4) is 0 Å². The van der Waals surface area contributed by atoms with Crippen LogP contribution >= 0.6 is 0 Å². The molecule has 0 unspecified atom stereocenters. The first-order chi connectivity index (χ1) is 8.83. The van der Waals surface area contributed by atoms with Gasteiger partial charge in [0.1, 0.15) is 11.3 Å². The van der Waals surface area contributed by atoms with Gasteiger partial charge >= 0.3 is 0 Å². The number of carbonyl (C=O) groups excluding carboxylic acids is 1. The Morgan fingerprint density at radius 3 is 3.00 bits per heavy atom. The molecule has 4 nitrogen and oxygen atoms in total. The largest absolute Gasteiger partial charge is 0.355 e. The van der Waals surface area contributed by atoms with Crippen LogP contribution in [0.2, 0.25) is 0 Å². The topological polar surface area (TPSA) is 37.6 Å². The number of aldehydes is 1. The maximum absolute atomic E-state index is 11.3. The molecule has 2 aromatic heterocycles. The Balaban J connectivity index is 2.05. The van der Waals surface area contributed by atoms with Gasteiger partial charge in [0.25, 0.3) is 0 Å². The highest BCUT2D eigenvalue weighted by Crippen LogP contribution is 2.32. The SMILES string of the molecule is CCN(CC1CC1)c1nc2ccccn2c1C=O. The number of imidazole rings is 1. The second kappa shape index (κ2) is 4.44. The molecule has 1 fully saturated rings. The third-order valence-electron chi connectivity index (χ3n) is 3.52. The van der Waals surface area contributed by atoms with Crippen molar-refractivity contribution in [3.63, 3.8) is 0 Å². The van der Waals surface area contributed by atoms with Gasteiger partial charge in [0.05, 0.1) is 0 Å².